The quantitative estimate of drug-likeness (QED) is 0.670. The van der Waals surface area contributed by atoms with Gasteiger partial charge in [-0.25, -0.2) is 4.98 Å². The van der Waals surface area contributed by atoms with Crippen LogP contribution in [0.5, 0.6) is 5.75 Å². The van der Waals surface area contributed by atoms with Gasteiger partial charge in [0.2, 0.25) is 11.1 Å². The summed E-state index contributed by atoms with van der Waals surface area (Å²) in [4.78, 5) is 19.2. The molecule has 0 radical (unpaired) electrons. The Hall–Kier alpha value is -2.02. The van der Waals surface area contributed by atoms with Crippen molar-refractivity contribution < 1.29 is 9.53 Å². The molecule has 1 aromatic carbocycles. The Balaban J connectivity index is 2.00. The third-order valence-corrected chi connectivity index (χ3v) is 5.40. The molecule has 0 aliphatic rings. The van der Waals surface area contributed by atoms with Crippen molar-refractivity contribution in [1.82, 2.24) is 20.1 Å². The van der Waals surface area contributed by atoms with Crippen molar-refractivity contribution in [2.75, 3.05) is 12.9 Å². The molecule has 1 heterocycles. The average molecular weight is 377 g/mol. The van der Waals surface area contributed by atoms with Crippen molar-refractivity contribution in [1.29, 1.82) is 0 Å². The third kappa shape index (κ3) is 5.00. The molecule has 6 nitrogen and oxygen atoms in total. The highest BCUT2D eigenvalue weighted by Gasteiger charge is 2.23. The molecule has 2 atom stereocenters. The second kappa shape index (κ2) is 9.62. The van der Waals surface area contributed by atoms with Crippen molar-refractivity contribution in [3.8, 4) is 17.1 Å². The fraction of sp³-hybridized carbons (Fsp3) is 0.526. The molecular weight excluding hydrogens is 348 g/mol. The Kier molecular flexibility index (Phi) is 7.50. The molecule has 7 heteroatoms. The number of methoxy groups -OCH3 is 1. The number of nitrogens with zero attached hydrogens (tertiary/aromatic N) is 3. The van der Waals surface area contributed by atoms with Gasteiger partial charge in [0.05, 0.1) is 12.9 Å². The summed E-state index contributed by atoms with van der Waals surface area (Å²) in [6.45, 7) is 8.42. The van der Waals surface area contributed by atoms with E-state index < -0.39 is 0 Å². The molecule has 0 aliphatic carbocycles. The van der Waals surface area contributed by atoms with E-state index in [1.807, 2.05) is 29.2 Å². The largest absolute Gasteiger partial charge is 0.497 e. The zero-order chi connectivity index (χ0) is 19.1. The SMILES string of the molecule is CC[C@H](C)N(C(=O)CSc1n[nH]c(-c2ccc(OC)cc2)n1)[C@@H](C)CC. The molecule has 2 rings (SSSR count). The number of rotatable bonds is 9. The fourth-order valence-electron chi connectivity index (χ4n) is 2.71. The lowest BCUT2D eigenvalue weighted by molar-refractivity contribution is -0.132. The topological polar surface area (TPSA) is 71.1 Å². The molecule has 0 fully saturated rings. The van der Waals surface area contributed by atoms with Crippen LogP contribution in [-0.4, -0.2) is 50.9 Å². The molecule has 0 saturated carbocycles. The summed E-state index contributed by atoms with van der Waals surface area (Å²) in [5, 5.41) is 7.73. The van der Waals surface area contributed by atoms with Crippen molar-refractivity contribution >= 4 is 17.7 Å². The molecule has 1 amide bonds. The van der Waals surface area contributed by atoms with E-state index in [1.165, 1.54) is 11.8 Å². The Morgan fingerprint density at radius 2 is 1.81 bits per heavy atom. The van der Waals surface area contributed by atoms with Crippen molar-refractivity contribution in [2.24, 2.45) is 0 Å². The van der Waals surface area contributed by atoms with Crippen LogP contribution in [0.25, 0.3) is 11.4 Å². The number of aromatic nitrogens is 3. The molecule has 0 aliphatic heterocycles. The summed E-state index contributed by atoms with van der Waals surface area (Å²) in [6, 6.07) is 8.08. The van der Waals surface area contributed by atoms with Gasteiger partial charge in [-0.1, -0.05) is 25.6 Å². The van der Waals surface area contributed by atoms with Crippen molar-refractivity contribution in [3.05, 3.63) is 24.3 Å². The Morgan fingerprint density at radius 1 is 1.19 bits per heavy atom. The highest BCUT2D eigenvalue weighted by Crippen LogP contribution is 2.22. The van der Waals surface area contributed by atoms with Gasteiger partial charge in [-0.05, 0) is 51.0 Å². The monoisotopic (exact) mass is 376 g/mol. The predicted octanol–water partition coefficient (Wildman–Crippen LogP) is 4.00. The van der Waals surface area contributed by atoms with E-state index in [4.69, 9.17) is 4.74 Å². The summed E-state index contributed by atoms with van der Waals surface area (Å²) in [5.74, 6) is 1.95. The number of carbonyl (C=O) groups excluding carboxylic acids is 1. The maximum absolute atomic E-state index is 12.7. The second-order valence-electron chi connectivity index (χ2n) is 6.30. The van der Waals surface area contributed by atoms with E-state index in [2.05, 4.69) is 42.9 Å². The first-order chi connectivity index (χ1) is 12.5. The first kappa shape index (κ1) is 20.3. The molecule has 0 bridgehead atoms. The molecule has 0 saturated heterocycles. The van der Waals surface area contributed by atoms with Gasteiger partial charge in [0.1, 0.15) is 5.75 Å². The Morgan fingerprint density at radius 3 is 2.35 bits per heavy atom. The van der Waals surface area contributed by atoms with Gasteiger partial charge >= 0.3 is 0 Å². The predicted molar refractivity (Wildman–Crippen MR) is 105 cm³/mol. The lowest BCUT2D eigenvalue weighted by atomic mass is 10.1. The summed E-state index contributed by atoms with van der Waals surface area (Å²) < 4.78 is 5.16. The number of benzene rings is 1. The van der Waals surface area contributed by atoms with E-state index in [1.54, 1.807) is 7.11 Å². The molecule has 1 aromatic heterocycles. The van der Waals surface area contributed by atoms with Gasteiger partial charge in [-0.15, -0.1) is 5.10 Å². The van der Waals surface area contributed by atoms with Crippen LogP contribution in [0.3, 0.4) is 0 Å². The zero-order valence-electron chi connectivity index (χ0n) is 16.2. The van der Waals surface area contributed by atoms with Crippen LogP contribution in [0.1, 0.15) is 40.5 Å². The second-order valence-corrected chi connectivity index (χ2v) is 7.24. The first-order valence-corrected chi connectivity index (χ1v) is 9.99. The van der Waals surface area contributed by atoms with Crippen molar-refractivity contribution in [3.63, 3.8) is 0 Å². The number of amides is 1. The minimum absolute atomic E-state index is 0.134. The van der Waals surface area contributed by atoms with Crippen LogP contribution < -0.4 is 4.74 Å². The highest BCUT2D eigenvalue weighted by molar-refractivity contribution is 7.99. The van der Waals surface area contributed by atoms with E-state index in [0.717, 1.165) is 24.2 Å². The average Bonchev–Trinajstić information content (AvgIpc) is 3.15. The van der Waals surface area contributed by atoms with Crippen LogP contribution in [0.15, 0.2) is 29.4 Å². The van der Waals surface area contributed by atoms with Gasteiger partial charge in [0, 0.05) is 17.6 Å². The Labute approximate surface area is 159 Å². The minimum Gasteiger partial charge on any atom is -0.497 e. The summed E-state index contributed by atoms with van der Waals surface area (Å²) in [5.41, 5.74) is 0.928. The minimum atomic E-state index is 0.134. The van der Waals surface area contributed by atoms with Crippen LogP contribution in [0, 0.1) is 0 Å². The summed E-state index contributed by atoms with van der Waals surface area (Å²) in [6.07, 6.45) is 1.89. The Bertz CT molecular complexity index is 692. The number of ether oxygens (including phenoxy) is 1. The number of nitrogens with one attached hydrogen (secondary N) is 1. The van der Waals surface area contributed by atoms with Gasteiger partial charge in [0.15, 0.2) is 5.82 Å². The lowest BCUT2D eigenvalue weighted by Gasteiger charge is -2.33. The maximum atomic E-state index is 12.7. The first-order valence-electron chi connectivity index (χ1n) is 9.00. The van der Waals surface area contributed by atoms with E-state index in [0.29, 0.717) is 16.7 Å². The summed E-state index contributed by atoms with van der Waals surface area (Å²) in [7, 11) is 1.64. The molecule has 1 N–H and O–H groups in total. The van der Waals surface area contributed by atoms with Crippen LogP contribution in [0.2, 0.25) is 0 Å². The lowest BCUT2D eigenvalue weighted by Crippen LogP contribution is -2.45. The molecular formula is C19H28N4O2S. The number of thioether (sulfide) groups is 1. The number of aromatic amines is 1. The highest BCUT2D eigenvalue weighted by atomic mass is 32.2. The van der Waals surface area contributed by atoms with Crippen LogP contribution >= 0.6 is 11.8 Å². The molecule has 0 spiro atoms. The van der Waals surface area contributed by atoms with Crippen LogP contribution in [-0.2, 0) is 4.79 Å². The number of carbonyl (C=O) groups is 1. The number of H-pyrrole nitrogens is 1. The molecule has 2 aromatic rings. The van der Waals surface area contributed by atoms with E-state index in [-0.39, 0.29) is 18.0 Å². The number of hydrogen-bond donors (Lipinski definition) is 1. The van der Waals surface area contributed by atoms with Gasteiger partial charge in [0.25, 0.3) is 0 Å². The molecule has 0 unspecified atom stereocenters. The normalized spacial score (nSPS) is 13.3. The maximum Gasteiger partial charge on any atom is 0.233 e. The zero-order valence-corrected chi connectivity index (χ0v) is 17.0. The van der Waals surface area contributed by atoms with Gasteiger partial charge < -0.3 is 9.64 Å². The molecule has 142 valence electrons. The van der Waals surface area contributed by atoms with Crippen molar-refractivity contribution in [2.45, 2.75) is 57.8 Å². The van der Waals surface area contributed by atoms with Gasteiger partial charge in [-0.2, -0.15) is 0 Å². The summed E-state index contributed by atoms with van der Waals surface area (Å²) >= 11 is 1.37. The van der Waals surface area contributed by atoms with Gasteiger partial charge in [-0.3, -0.25) is 9.89 Å². The van der Waals surface area contributed by atoms with E-state index >= 15 is 0 Å². The van der Waals surface area contributed by atoms with Crippen LogP contribution in [0.4, 0.5) is 0 Å². The number of hydrogen-bond acceptors (Lipinski definition) is 5. The van der Waals surface area contributed by atoms with E-state index in [9.17, 15) is 4.79 Å². The standard InChI is InChI=1S/C19H28N4O2S/c1-6-13(3)23(14(4)7-2)17(24)12-26-19-20-18(21-22-19)15-8-10-16(25-5)11-9-15/h8-11,13-14H,6-7,12H2,1-5H3,(H,20,21,22)/t13-,14-/m0/s1. The smallest absolute Gasteiger partial charge is 0.233 e. The third-order valence-electron chi connectivity index (χ3n) is 4.57. The molecule has 26 heavy (non-hydrogen) atoms. The fourth-order valence-corrected chi connectivity index (χ4v) is 3.38.